The van der Waals surface area contributed by atoms with Gasteiger partial charge in [-0.15, -0.1) is 0 Å². The molecule has 4 N–H and O–H groups in total. The predicted molar refractivity (Wildman–Crippen MR) is 82.5 cm³/mol. The van der Waals surface area contributed by atoms with Gasteiger partial charge in [-0.1, -0.05) is 60.7 Å². The van der Waals surface area contributed by atoms with Gasteiger partial charge in [-0.05, 0) is 18.1 Å². The van der Waals surface area contributed by atoms with Crippen molar-refractivity contribution in [2.24, 2.45) is 5.73 Å². The summed E-state index contributed by atoms with van der Waals surface area (Å²) < 4.78 is 0. The van der Waals surface area contributed by atoms with Crippen molar-refractivity contribution < 1.29 is 14.7 Å². The number of aliphatic hydroxyl groups excluding tert-OH is 1. The maximum absolute atomic E-state index is 12.3. The monoisotopic (exact) mass is 298 g/mol. The smallest absolute Gasteiger partial charge is 0.254 e. The van der Waals surface area contributed by atoms with Crippen molar-refractivity contribution in [3.05, 3.63) is 71.8 Å². The quantitative estimate of drug-likeness (QED) is 0.775. The predicted octanol–water partition coefficient (Wildman–Crippen LogP) is 1.24. The van der Waals surface area contributed by atoms with Gasteiger partial charge in [0.05, 0.1) is 0 Å². The molecule has 0 heterocycles. The van der Waals surface area contributed by atoms with E-state index in [0.29, 0.717) is 11.1 Å². The molecule has 0 radical (unpaired) electrons. The summed E-state index contributed by atoms with van der Waals surface area (Å²) in [6.45, 7) is 1.51. The second kappa shape index (κ2) is 6.41. The SMILES string of the molecule is CC(NC(=O)C(O)c1ccccc1)(C(N)=O)c1ccccc1. The third kappa shape index (κ3) is 3.15. The number of carbonyl (C=O) groups is 2. The van der Waals surface area contributed by atoms with E-state index in [9.17, 15) is 14.7 Å². The molecule has 2 atom stereocenters. The first-order valence-corrected chi connectivity index (χ1v) is 6.85. The molecule has 0 aliphatic rings. The van der Waals surface area contributed by atoms with Crippen LogP contribution in [0, 0.1) is 0 Å². The van der Waals surface area contributed by atoms with E-state index in [4.69, 9.17) is 5.73 Å². The Hall–Kier alpha value is -2.66. The van der Waals surface area contributed by atoms with Crippen LogP contribution in [0.25, 0.3) is 0 Å². The summed E-state index contributed by atoms with van der Waals surface area (Å²) in [5.41, 5.74) is 5.06. The molecule has 22 heavy (non-hydrogen) atoms. The van der Waals surface area contributed by atoms with Crippen molar-refractivity contribution in [2.45, 2.75) is 18.6 Å². The lowest BCUT2D eigenvalue weighted by Gasteiger charge is -2.29. The summed E-state index contributed by atoms with van der Waals surface area (Å²) in [5.74, 6) is -1.39. The van der Waals surface area contributed by atoms with Crippen molar-refractivity contribution in [1.82, 2.24) is 5.32 Å². The fraction of sp³-hybridized carbons (Fsp3) is 0.176. The number of hydrogen-bond donors (Lipinski definition) is 3. The minimum Gasteiger partial charge on any atom is -0.378 e. The molecule has 2 aromatic carbocycles. The molecule has 5 nitrogen and oxygen atoms in total. The zero-order valence-electron chi connectivity index (χ0n) is 12.2. The summed E-state index contributed by atoms with van der Waals surface area (Å²) in [6.07, 6.45) is -1.37. The number of carbonyl (C=O) groups excluding carboxylic acids is 2. The highest BCUT2D eigenvalue weighted by Crippen LogP contribution is 2.22. The molecule has 0 fully saturated rings. The first kappa shape index (κ1) is 15.7. The van der Waals surface area contributed by atoms with Gasteiger partial charge in [0.2, 0.25) is 5.91 Å². The Kier molecular flexibility index (Phi) is 4.58. The summed E-state index contributed by atoms with van der Waals surface area (Å²) in [5, 5.41) is 12.7. The molecule has 114 valence electrons. The Bertz CT molecular complexity index is 658. The van der Waals surface area contributed by atoms with E-state index in [0.717, 1.165) is 0 Å². The summed E-state index contributed by atoms with van der Waals surface area (Å²) in [7, 11) is 0. The molecule has 2 aromatic rings. The molecular formula is C17H18N2O3. The van der Waals surface area contributed by atoms with Crippen LogP contribution in [0.3, 0.4) is 0 Å². The van der Waals surface area contributed by atoms with E-state index in [1.54, 1.807) is 60.7 Å². The van der Waals surface area contributed by atoms with Gasteiger partial charge >= 0.3 is 0 Å². The van der Waals surface area contributed by atoms with Gasteiger partial charge in [-0.3, -0.25) is 9.59 Å². The number of hydrogen-bond acceptors (Lipinski definition) is 3. The van der Waals surface area contributed by atoms with Gasteiger partial charge in [0, 0.05) is 0 Å². The number of amides is 2. The average molecular weight is 298 g/mol. The number of nitrogens with two attached hydrogens (primary N) is 1. The lowest BCUT2D eigenvalue weighted by molar-refractivity contribution is -0.136. The molecule has 0 aliphatic heterocycles. The molecular weight excluding hydrogens is 280 g/mol. The first-order valence-electron chi connectivity index (χ1n) is 6.85. The Morgan fingerprint density at radius 3 is 2.05 bits per heavy atom. The lowest BCUT2D eigenvalue weighted by Crippen LogP contribution is -2.53. The Balaban J connectivity index is 2.25. The molecule has 0 aromatic heterocycles. The molecule has 5 heteroatoms. The maximum atomic E-state index is 12.3. The zero-order chi connectivity index (χ0) is 16.2. The van der Waals surface area contributed by atoms with Gasteiger partial charge in [0.25, 0.3) is 5.91 Å². The Labute approximate surface area is 128 Å². The van der Waals surface area contributed by atoms with Crippen molar-refractivity contribution in [3.63, 3.8) is 0 Å². The third-order valence-corrected chi connectivity index (χ3v) is 3.58. The first-order chi connectivity index (χ1) is 10.4. The lowest BCUT2D eigenvalue weighted by atomic mass is 9.90. The van der Waals surface area contributed by atoms with Gasteiger partial charge in [0.15, 0.2) is 6.10 Å². The number of rotatable bonds is 5. The minimum absolute atomic E-state index is 0.444. The number of benzene rings is 2. The zero-order valence-corrected chi connectivity index (χ0v) is 12.2. The van der Waals surface area contributed by atoms with Crippen molar-refractivity contribution in [2.75, 3.05) is 0 Å². The fourth-order valence-electron chi connectivity index (χ4n) is 2.15. The van der Waals surface area contributed by atoms with Crippen molar-refractivity contribution >= 4 is 11.8 Å². The topological polar surface area (TPSA) is 92.4 Å². The van der Waals surface area contributed by atoms with Crippen LogP contribution in [0.15, 0.2) is 60.7 Å². The summed E-state index contributed by atoms with van der Waals surface area (Å²) in [4.78, 5) is 24.1. The normalized spacial score (nSPS) is 14.6. The molecule has 0 spiro atoms. The van der Waals surface area contributed by atoms with E-state index in [1.807, 2.05) is 0 Å². The summed E-state index contributed by atoms with van der Waals surface area (Å²) >= 11 is 0. The average Bonchev–Trinajstić information content (AvgIpc) is 2.55. The Morgan fingerprint density at radius 1 is 1.05 bits per heavy atom. The highest BCUT2D eigenvalue weighted by molar-refractivity contribution is 5.92. The molecule has 2 rings (SSSR count). The van der Waals surface area contributed by atoms with Crippen LogP contribution in [-0.4, -0.2) is 16.9 Å². The van der Waals surface area contributed by atoms with Crippen LogP contribution in [0.1, 0.15) is 24.2 Å². The van der Waals surface area contributed by atoms with Crippen molar-refractivity contribution in [3.8, 4) is 0 Å². The van der Waals surface area contributed by atoms with E-state index < -0.39 is 23.5 Å². The maximum Gasteiger partial charge on any atom is 0.254 e. The molecule has 0 bridgehead atoms. The standard InChI is InChI=1S/C17H18N2O3/c1-17(16(18)22,13-10-6-3-7-11-13)19-15(21)14(20)12-8-4-2-5-9-12/h2-11,14,20H,1H3,(H2,18,22)(H,19,21). The number of primary amides is 1. The van der Waals surface area contributed by atoms with E-state index in [1.165, 1.54) is 6.92 Å². The second-order valence-corrected chi connectivity index (χ2v) is 5.16. The van der Waals surface area contributed by atoms with E-state index in [-0.39, 0.29) is 0 Å². The van der Waals surface area contributed by atoms with Gasteiger partial charge in [-0.2, -0.15) is 0 Å². The number of aliphatic hydroxyl groups is 1. The minimum atomic E-state index is -1.39. The van der Waals surface area contributed by atoms with E-state index in [2.05, 4.69) is 5.32 Å². The second-order valence-electron chi connectivity index (χ2n) is 5.16. The highest BCUT2D eigenvalue weighted by atomic mass is 16.3. The number of nitrogens with one attached hydrogen (secondary N) is 1. The van der Waals surface area contributed by atoms with Gasteiger partial charge in [-0.25, -0.2) is 0 Å². The molecule has 0 saturated carbocycles. The molecule has 0 aliphatic carbocycles. The molecule has 0 saturated heterocycles. The van der Waals surface area contributed by atoms with Crippen LogP contribution < -0.4 is 11.1 Å². The Morgan fingerprint density at radius 2 is 1.55 bits per heavy atom. The summed E-state index contributed by atoms with van der Waals surface area (Å²) in [6, 6.07) is 17.2. The van der Waals surface area contributed by atoms with Crippen LogP contribution in [-0.2, 0) is 15.1 Å². The van der Waals surface area contributed by atoms with Crippen LogP contribution in [0.5, 0.6) is 0 Å². The van der Waals surface area contributed by atoms with Gasteiger partial charge in [0.1, 0.15) is 5.54 Å². The third-order valence-electron chi connectivity index (χ3n) is 3.58. The largest absolute Gasteiger partial charge is 0.378 e. The van der Waals surface area contributed by atoms with Crippen LogP contribution in [0.4, 0.5) is 0 Å². The van der Waals surface area contributed by atoms with Crippen molar-refractivity contribution in [1.29, 1.82) is 0 Å². The van der Waals surface area contributed by atoms with Crippen LogP contribution >= 0.6 is 0 Å². The fourth-order valence-corrected chi connectivity index (χ4v) is 2.15. The van der Waals surface area contributed by atoms with Gasteiger partial charge < -0.3 is 16.2 Å². The van der Waals surface area contributed by atoms with Crippen LogP contribution in [0.2, 0.25) is 0 Å². The molecule has 2 unspecified atom stereocenters. The van der Waals surface area contributed by atoms with E-state index >= 15 is 0 Å². The molecule has 2 amide bonds. The highest BCUT2D eigenvalue weighted by Gasteiger charge is 2.36.